The number of nitrogens with one attached hydrogen (secondary N) is 1. The average Bonchev–Trinajstić information content (AvgIpc) is 2.77. The third-order valence-corrected chi connectivity index (χ3v) is 5.86. The molecule has 4 rings (SSSR count). The normalized spacial score (nSPS) is 10.9. The second kappa shape index (κ2) is 9.28. The number of thioether (sulfide) groups is 1. The molecule has 0 saturated heterocycles. The Hall–Kier alpha value is -3.23. The Morgan fingerprint density at radius 3 is 2.61 bits per heavy atom. The van der Waals surface area contributed by atoms with Gasteiger partial charge >= 0.3 is 0 Å². The molecule has 31 heavy (non-hydrogen) atoms. The molecule has 0 aliphatic rings. The summed E-state index contributed by atoms with van der Waals surface area (Å²) in [5.41, 5.74) is 2.66. The van der Waals surface area contributed by atoms with Gasteiger partial charge in [0.2, 0.25) is 5.91 Å². The molecule has 2 heterocycles. The van der Waals surface area contributed by atoms with Crippen LogP contribution in [0.5, 0.6) is 0 Å². The van der Waals surface area contributed by atoms with Crippen molar-refractivity contribution in [3.8, 4) is 0 Å². The first-order valence-corrected chi connectivity index (χ1v) is 10.8. The minimum Gasteiger partial charge on any atom is -0.325 e. The molecule has 2 aromatic carbocycles. The lowest BCUT2D eigenvalue weighted by molar-refractivity contribution is -0.113. The standard InChI is InChI=1S/C22H18ClN5O2S/c1-14-6-8-16(9-7-14)26-18(29)13-31-22-27-20-19(24-10-11-25-20)21(30)28(22)12-15-4-2-3-5-17(15)23/h2-11H,12-13H2,1H3,(H,26,29). The fraction of sp³-hybridized carbons (Fsp3) is 0.136. The van der Waals surface area contributed by atoms with E-state index in [1.165, 1.54) is 17.0 Å². The molecule has 1 N–H and O–H groups in total. The second-order valence-electron chi connectivity index (χ2n) is 6.81. The van der Waals surface area contributed by atoms with Crippen LogP contribution in [0.1, 0.15) is 11.1 Å². The van der Waals surface area contributed by atoms with Gasteiger partial charge in [0, 0.05) is 23.1 Å². The zero-order valence-corrected chi connectivity index (χ0v) is 18.2. The van der Waals surface area contributed by atoms with Gasteiger partial charge in [-0.25, -0.2) is 15.0 Å². The molecular formula is C22H18ClN5O2S. The molecule has 0 atom stereocenters. The predicted molar refractivity (Wildman–Crippen MR) is 123 cm³/mol. The highest BCUT2D eigenvalue weighted by molar-refractivity contribution is 7.99. The molecule has 0 fully saturated rings. The second-order valence-corrected chi connectivity index (χ2v) is 8.16. The minimum atomic E-state index is -0.334. The van der Waals surface area contributed by atoms with Crippen molar-refractivity contribution >= 4 is 46.1 Å². The van der Waals surface area contributed by atoms with Crippen LogP contribution < -0.4 is 10.9 Å². The van der Waals surface area contributed by atoms with Crippen molar-refractivity contribution in [2.45, 2.75) is 18.6 Å². The molecule has 2 aromatic heterocycles. The summed E-state index contributed by atoms with van der Waals surface area (Å²) in [6.45, 7) is 2.19. The van der Waals surface area contributed by atoms with Crippen molar-refractivity contribution in [3.63, 3.8) is 0 Å². The number of anilines is 1. The van der Waals surface area contributed by atoms with Crippen LogP contribution in [0.25, 0.3) is 11.2 Å². The molecule has 0 radical (unpaired) electrons. The van der Waals surface area contributed by atoms with E-state index < -0.39 is 0 Å². The number of carbonyl (C=O) groups excluding carboxylic acids is 1. The monoisotopic (exact) mass is 451 g/mol. The lowest BCUT2D eigenvalue weighted by Crippen LogP contribution is -2.26. The Morgan fingerprint density at radius 2 is 1.84 bits per heavy atom. The van der Waals surface area contributed by atoms with Gasteiger partial charge in [0.05, 0.1) is 12.3 Å². The van der Waals surface area contributed by atoms with E-state index in [0.29, 0.717) is 15.9 Å². The maximum atomic E-state index is 13.1. The number of hydrogen-bond acceptors (Lipinski definition) is 6. The summed E-state index contributed by atoms with van der Waals surface area (Å²) in [7, 11) is 0. The molecule has 1 amide bonds. The largest absolute Gasteiger partial charge is 0.325 e. The number of halogens is 1. The van der Waals surface area contributed by atoms with E-state index in [0.717, 1.165) is 22.9 Å². The van der Waals surface area contributed by atoms with Crippen molar-refractivity contribution < 1.29 is 4.79 Å². The maximum absolute atomic E-state index is 13.1. The van der Waals surface area contributed by atoms with E-state index >= 15 is 0 Å². The highest BCUT2D eigenvalue weighted by Crippen LogP contribution is 2.21. The first-order chi connectivity index (χ1) is 15.0. The highest BCUT2D eigenvalue weighted by Gasteiger charge is 2.16. The highest BCUT2D eigenvalue weighted by atomic mass is 35.5. The molecule has 0 bridgehead atoms. The SMILES string of the molecule is Cc1ccc(NC(=O)CSc2nc3nccnc3c(=O)n2Cc2ccccc2Cl)cc1. The van der Waals surface area contributed by atoms with E-state index in [2.05, 4.69) is 20.3 Å². The fourth-order valence-electron chi connectivity index (χ4n) is 2.94. The van der Waals surface area contributed by atoms with Gasteiger partial charge in [0.1, 0.15) is 0 Å². The van der Waals surface area contributed by atoms with Crippen LogP contribution in [-0.2, 0) is 11.3 Å². The van der Waals surface area contributed by atoms with Gasteiger partial charge in [-0.1, -0.05) is 59.3 Å². The lowest BCUT2D eigenvalue weighted by atomic mass is 10.2. The topological polar surface area (TPSA) is 89.8 Å². The van der Waals surface area contributed by atoms with Crippen LogP contribution in [0, 0.1) is 6.92 Å². The number of hydrogen-bond donors (Lipinski definition) is 1. The first-order valence-electron chi connectivity index (χ1n) is 9.45. The number of rotatable bonds is 6. The summed E-state index contributed by atoms with van der Waals surface area (Å²) < 4.78 is 1.47. The van der Waals surface area contributed by atoms with Gasteiger partial charge in [-0.2, -0.15) is 0 Å². The molecule has 156 valence electrons. The van der Waals surface area contributed by atoms with E-state index in [4.69, 9.17) is 11.6 Å². The average molecular weight is 452 g/mol. The Morgan fingerprint density at radius 1 is 1.10 bits per heavy atom. The molecule has 0 unspecified atom stereocenters. The third-order valence-electron chi connectivity index (χ3n) is 4.51. The van der Waals surface area contributed by atoms with Crippen molar-refractivity contribution in [2.24, 2.45) is 0 Å². The van der Waals surface area contributed by atoms with Crippen LogP contribution >= 0.6 is 23.4 Å². The van der Waals surface area contributed by atoms with Crippen LogP contribution in [0.15, 0.2) is 70.9 Å². The summed E-state index contributed by atoms with van der Waals surface area (Å²) in [5, 5.41) is 3.76. The number of aryl methyl sites for hydroxylation is 1. The van der Waals surface area contributed by atoms with Crippen molar-refractivity contribution in [2.75, 3.05) is 11.1 Å². The van der Waals surface area contributed by atoms with Crippen molar-refractivity contribution in [1.82, 2.24) is 19.5 Å². The zero-order valence-electron chi connectivity index (χ0n) is 16.6. The Labute approximate surface area is 187 Å². The molecule has 7 nitrogen and oxygen atoms in total. The van der Waals surface area contributed by atoms with Crippen LogP contribution in [0.3, 0.4) is 0 Å². The number of amides is 1. The van der Waals surface area contributed by atoms with E-state index in [-0.39, 0.29) is 34.9 Å². The number of fused-ring (bicyclic) bond motifs is 1. The van der Waals surface area contributed by atoms with E-state index in [9.17, 15) is 9.59 Å². The number of nitrogens with zero attached hydrogens (tertiary/aromatic N) is 4. The van der Waals surface area contributed by atoms with Gasteiger partial charge in [-0.3, -0.25) is 14.2 Å². The molecule has 0 aliphatic carbocycles. The van der Waals surface area contributed by atoms with Gasteiger partial charge in [0.15, 0.2) is 16.3 Å². The van der Waals surface area contributed by atoms with E-state index in [1.807, 2.05) is 49.4 Å². The molecular weight excluding hydrogens is 434 g/mol. The number of benzene rings is 2. The number of carbonyl (C=O) groups is 1. The quantitative estimate of drug-likeness (QED) is 0.353. The third kappa shape index (κ3) is 4.92. The summed E-state index contributed by atoms with van der Waals surface area (Å²) >= 11 is 7.45. The lowest BCUT2D eigenvalue weighted by Gasteiger charge is -2.13. The zero-order chi connectivity index (χ0) is 21.8. The van der Waals surface area contributed by atoms with Gasteiger partial charge < -0.3 is 5.32 Å². The Bertz CT molecular complexity index is 1310. The predicted octanol–water partition coefficient (Wildman–Crippen LogP) is 3.93. The fourth-order valence-corrected chi connectivity index (χ4v) is 3.92. The summed E-state index contributed by atoms with van der Waals surface area (Å²) in [6, 6.07) is 14.8. The maximum Gasteiger partial charge on any atom is 0.282 e. The summed E-state index contributed by atoms with van der Waals surface area (Å²) in [4.78, 5) is 38.3. The molecule has 0 spiro atoms. The van der Waals surface area contributed by atoms with Gasteiger partial charge in [-0.05, 0) is 30.7 Å². The van der Waals surface area contributed by atoms with Crippen LogP contribution in [0.4, 0.5) is 5.69 Å². The summed E-state index contributed by atoms with van der Waals surface area (Å²) in [6.07, 6.45) is 2.93. The van der Waals surface area contributed by atoms with E-state index in [1.54, 1.807) is 6.07 Å². The van der Waals surface area contributed by atoms with Gasteiger partial charge in [-0.15, -0.1) is 0 Å². The minimum absolute atomic E-state index is 0.0780. The molecule has 9 heteroatoms. The summed E-state index contributed by atoms with van der Waals surface area (Å²) in [5.74, 6) is -0.124. The van der Waals surface area contributed by atoms with Gasteiger partial charge in [0.25, 0.3) is 5.56 Å². The molecule has 4 aromatic rings. The van der Waals surface area contributed by atoms with Crippen LogP contribution in [-0.4, -0.2) is 31.2 Å². The number of aromatic nitrogens is 4. The first kappa shape index (κ1) is 21.0. The van der Waals surface area contributed by atoms with Crippen molar-refractivity contribution in [1.29, 1.82) is 0 Å². The molecule has 0 aliphatic heterocycles. The molecule has 0 saturated carbocycles. The smallest absolute Gasteiger partial charge is 0.282 e. The van der Waals surface area contributed by atoms with Crippen molar-refractivity contribution in [3.05, 3.63) is 87.4 Å². The van der Waals surface area contributed by atoms with Crippen LogP contribution in [0.2, 0.25) is 5.02 Å². The Balaban J connectivity index is 1.62. The Kier molecular flexibility index (Phi) is 6.29.